The SMILES string of the molecule is [2H]C([2H])([2H])c1cnc(-c2[c-]ccc3c2oc2cc(C([2H])(C)C)ccc23)cc1-c1ccccc1.[2H]C([2H])(c1cc(-c2[c-]ncc3c2oc2ccccc23)ncc1[Si](C)(C)C)C(C)(C)C.[Ir]. The van der Waals surface area contributed by atoms with Gasteiger partial charge in [-0.25, -0.2) is 0 Å². The fraction of sp³-hybridized carbons (Fsp3) is 0.235. The second kappa shape index (κ2) is 16.2. The summed E-state index contributed by atoms with van der Waals surface area (Å²) in [7, 11) is -1.82. The van der Waals surface area contributed by atoms with Gasteiger partial charge in [0.05, 0.1) is 19.2 Å². The minimum absolute atomic E-state index is 0. The predicted octanol–water partition coefficient (Wildman–Crippen LogP) is 13.5. The van der Waals surface area contributed by atoms with E-state index in [-0.39, 0.29) is 25.7 Å². The quantitative estimate of drug-likeness (QED) is 0.123. The standard InChI is InChI=1S/C27H22NO.C24H27N2OSi.Ir/c1-17(2)20-12-13-21-22-10-7-11-23(27(22)29-26(21)14-20)25-15-24(18(3)16-28-25)19-8-5-4-6-9-19;1-24(2,3)12-16-11-20(26-15-22(16)28(4,5)6)19-14-25-13-18-17-9-7-8-10-21(17)27-23(18)19;/h4-10,12-17H,1-3H3;7-11,13,15H,12H2,1-6H3;/q2*-1;/i3D3,17D;12D2;. The molecule has 4 aromatic carbocycles. The Hall–Kier alpha value is -5.20. The second-order valence-corrected chi connectivity index (χ2v) is 21.8. The number of hydrogen-bond donors (Lipinski definition) is 0. The van der Waals surface area contributed by atoms with Crippen molar-refractivity contribution >= 4 is 57.1 Å². The topological polar surface area (TPSA) is 65.0 Å². The summed E-state index contributed by atoms with van der Waals surface area (Å²) in [6, 6.07) is 33.9. The maximum atomic E-state index is 8.96. The van der Waals surface area contributed by atoms with Crippen molar-refractivity contribution < 1.29 is 37.2 Å². The van der Waals surface area contributed by atoms with Crippen LogP contribution in [0.15, 0.2) is 124 Å². The summed E-state index contributed by atoms with van der Waals surface area (Å²) < 4.78 is 62.5. The van der Waals surface area contributed by atoms with Crippen LogP contribution in [0.5, 0.6) is 0 Å². The van der Waals surface area contributed by atoms with Crippen molar-refractivity contribution in [3.8, 4) is 33.6 Å². The van der Waals surface area contributed by atoms with Gasteiger partial charge in [0.15, 0.2) is 0 Å². The minimum atomic E-state index is -2.29. The molecule has 58 heavy (non-hydrogen) atoms. The Kier molecular flexibility index (Phi) is 9.43. The summed E-state index contributed by atoms with van der Waals surface area (Å²) in [6.07, 6.45) is 6.58. The Labute approximate surface area is 364 Å². The van der Waals surface area contributed by atoms with Crippen LogP contribution < -0.4 is 5.19 Å². The Bertz CT molecular complexity index is 3160. The molecule has 9 aromatic rings. The first kappa shape index (κ1) is 33.7. The minimum Gasteiger partial charge on any atom is -0.501 e. The van der Waals surface area contributed by atoms with Crippen molar-refractivity contribution in [2.24, 2.45) is 5.41 Å². The van der Waals surface area contributed by atoms with E-state index in [1.165, 1.54) is 6.20 Å². The van der Waals surface area contributed by atoms with Crippen molar-refractivity contribution in [2.75, 3.05) is 0 Å². The normalized spacial score (nSPS) is 14.1. The maximum absolute atomic E-state index is 8.96. The summed E-state index contributed by atoms with van der Waals surface area (Å²) in [5, 5.41) is 4.83. The molecule has 0 fully saturated rings. The second-order valence-electron chi connectivity index (χ2n) is 16.7. The third-order valence-corrected chi connectivity index (χ3v) is 12.0. The first-order valence-corrected chi connectivity index (χ1v) is 22.7. The Morgan fingerprint density at radius 1 is 0.759 bits per heavy atom. The summed E-state index contributed by atoms with van der Waals surface area (Å²) in [5.74, 6) is -0.737. The molecule has 0 amide bonds. The zero-order valence-electron chi connectivity index (χ0n) is 40.0. The molecule has 0 atom stereocenters. The van der Waals surface area contributed by atoms with Crippen LogP contribution in [0.25, 0.3) is 77.5 Å². The van der Waals surface area contributed by atoms with E-state index in [1.807, 2.05) is 132 Å². The van der Waals surface area contributed by atoms with Gasteiger partial charge in [0.25, 0.3) is 0 Å². The molecule has 1 radical (unpaired) electrons. The molecular formula is C51H49IrN3O2Si-2. The van der Waals surface area contributed by atoms with E-state index in [0.717, 1.165) is 43.4 Å². The zero-order valence-corrected chi connectivity index (χ0v) is 37.4. The Balaban J connectivity index is 0.000000189. The molecule has 0 unspecified atom stereocenters. The maximum Gasteiger partial charge on any atom is 0.121 e. The smallest absolute Gasteiger partial charge is 0.121 e. The number of furan rings is 2. The molecule has 0 saturated carbocycles. The van der Waals surface area contributed by atoms with Crippen LogP contribution in [-0.2, 0) is 26.5 Å². The number of hydrogen-bond acceptors (Lipinski definition) is 5. The van der Waals surface area contributed by atoms with Gasteiger partial charge in [-0.2, -0.15) is 0 Å². The summed E-state index contributed by atoms with van der Waals surface area (Å²) in [4.78, 5) is 13.5. The molecule has 0 bridgehead atoms. The van der Waals surface area contributed by atoms with Gasteiger partial charge >= 0.3 is 0 Å². The number of pyridine rings is 3. The van der Waals surface area contributed by atoms with Gasteiger partial charge in [-0.15, -0.1) is 18.2 Å². The molecule has 5 aromatic heterocycles. The van der Waals surface area contributed by atoms with Crippen LogP contribution in [0.1, 0.15) is 65.4 Å². The fourth-order valence-electron chi connectivity index (χ4n) is 7.15. The zero-order chi connectivity index (χ0) is 45.3. The first-order valence-electron chi connectivity index (χ1n) is 22.2. The number of aromatic nitrogens is 3. The van der Waals surface area contributed by atoms with Crippen molar-refractivity contribution in [3.63, 3.8) is 0 Å². The van der Waals surface area contributed by atoms with E-state index in [9.17, 15) is 0 Å². The largest absolute Gasteiger partial charge is 0.501 e. The van der Waals surface area contributed by atoms with Crippen molar-refractivity contribution in [1.82, 2.24) is 15.0 Å². The molecule has 9 rings (SSSR count). The van der Waals surface area contributed by atoms with Crippen LogP contribution >= 0.6 is 0 Å². The molecule has 0 saturated heterocycles. The van der Waals surface area contributed by atoms with Gasteiger partial charge in [0.2, 0.25) is 0 Å². The monoisotopic (exact) mass is 962 g/mol. The molecular weight excluding hydrogens is 907 g/mol. The van der Waals surface area contributed by atoms with E-state index in [2.05, 4.69) is 41.9 Å². The molecule has 0 aliphatic carbocycles. The molecule has 7 heteroatoms. The number of fused-ring (bicyclic) bond motifs is 6. The average molecular weight is 962 g/mol. The van der Waals surface area contributed by atoms with Crippen LogP contribution in [0, 0.1) is 24.5 Å². The van der Waals surface area contributed by atoms with Crippen molar-refractivity contribution in [1.29, 1.82) is 0 Å². The fourth-order valence-corrected chi connectivity index (χ4v) is 8.55. The van der Waals surface area contributed by atoms with Gasteiger partial charge in [-0.05, 0) is 93.3 Å². The number of benzene rings is 4. The number of nitrogens with zero attached hydrogens (tertiary/aromatic N) is 3. The van der Waals surface area contributed by atoms with Gasteiger partial charge in [-0.3, -0.25) is 0 Å². The van der Waals surface area contributed by atoms with Gasteiger partial charge in [-0.1, -0.05) is 149 Å². The van der Waals surface area contributed by atoms with E-state index in [1.54, 1.807) is 12.3 Å². The van der Waals surface area contributed by atoms with E-state index in [0.29, 0.717) is 50.4 Å². The molecule has 5 nitrogen and oxygen atoms in total. The molecule has 0 aliphatic rings. The Morgan fingerprint density at radius 3 is 2.19 bits per heavy atom. The average Bonchev–Trinajstić information content (AvgIpc) is 3.81. The summed E-state index contributed by atoms with van der Waals surface area (Å²) in [6.45, 7) is 13.9. The van der Waals surface area contributed by atoms with Crippen molar-refractivity contribution in [2.45, 2.75) is 73.4 Å². The van der Waals surface area contributed by atoms with Crippen LogP contribution in [0.2, 0.25) is 19.6 Å². The summed E-state index contributed by atoms with van der Waals surface area (Å²) in [5.41, 5.74) is 8.02. The molecule has 0 N–H and O–H groups in total. The van der Waals surface area contributed by atoms with Gasteiger partial charge in [0.1, 0.15) is 11.2 Å². The van der Waals surface area contributed by atoms with Gasteiger partial charge < -0.3 is 23.8 Å². The number of aryl methyl sites for hydroxylation is 1. The number of rotatable bonds is 6. The third-order valence-electron chi connectivity index (χ3n) is 9.96. The van der Waals surface area contributed by atoms with Crippen LogP contribution in [-0.4, -0.2) is 23.0 Å². The predicted molar refractivity (Wildman–Crippen MR) is 240 cm³/mol. The van der Waals surface area contributed by atoms with Crippen LogP contribution in [0.4, 0.5) is 0 Å². The Morgan fingerprint density at radius 2 is 1.45 bits per heavy atom. The molecule has 5 heterocycles. The molecule has 0 spiro atoms. The molecule has 295 valence electrons. The third kappa shape index (κ3) is 8.22. The van der Waals surface area contributed by atoms with E-state index >= 15 is 0 Å². The van der Waals surface area contributed by atoms with E-state index in [4.69, 9.17) is 22.0 Å². The summed E-state index contributed by atoms with van der Waals surface area (Å²) >= 11 is 0. The number of para-hydroxylation sites is 1. The first-order chi connectivity index (χ1) is 29.5. The molecule has 0 aliphatic heterocycles. The van der Waals surface area contributed by atoms with Gasteiger partial charge in [0, 0.05) is 51.5 Å². The van der Waals surface area contributed by atoms with E-state index < -0.39 is 32.6 Å². The van der Waals surface area contributed by atoms with Crippen LogP contribution in [0.3, 0.4) is 0 Å². The van der Waals surface area contributed by atoms with Crippen molar-refractivity contribution in [3.05, 3.63) is 145 Å².